The average molecular weight is 293 g/mol. The van der Waals surface area contributed by atoms with Gasteiger partial charge in [-0.2, -0.15) is 11.8 Å². The van der Waals surface area contributed by atoms with Crippen molar-refractivity contribution >= 4 is 22.7 Å². The quantitative estimate of drug-likeness (QED) is 0.886. The number of nitrogens with one attached hydrogen (secondary N) is 1. The van der Waals surface area contributed by atoms with Gasteiger partial charge >= 0.3 is 0 Å². The van der Waals surface area contributed by atoms with Crippen molar-refractivity contribution in [3.05, 3.63) is 35.8 Å². The lowest BCUT2D eigenvalue weighted by molar-refractivity contribution is 0.338. The maximum atomic E-state index is 13.3. The van der Waals surface area contributed by atoms with E-state index in [1.807, 2.05) is 17.8 Å². The molecule has 0 aliphatic carbocycles. The van der Waals surface area contributed by atoms with Crippen molar-refractivity contribution in [1.82, 2.24) is 5.32 Å². The number of hydrogen-bond donors (Lipinski definition) is 1. The standard InChI is InChI=1S/C16H20FNOS/c1-2-6-18-16(11-5-7-20-10-11)15-9-12-8-13(17)3-4-14(12)19-15/h3-4,8-9,11,16,18H,2,5-7,10H2,1H3. The van der Waals surface area contributed by atoms with Gasteiger partial charge in [-0.1, -0.05) is 6.92 Å². The van der Waals surface area contributed by atoms with Crippen LogP contribution in [0.4, 0.5) is 4.39 Å². The molecule has 1 aromatic carbocycles. The highest BCUT2D eigenvalue weighted by Crippen LogP contribution is 2.36. The van der Waals surface area contributed by atoms with Crippen LogP contribution in [0, 0.1) is 11.7 Å². The molecule has 0 saturated carbocycles. The van der Waals surface area contributed by atoms with Gasteiger partial charge in [0.25, 0.3) is 0 Å². The summed E-state index contributed by atoms with van der Waals surface area (Å²) < 4.78 is 19.2. The summed E-state index contributed by atoms with van der Waals surface area (Å²) in [6.45, 7) is 3.15. The first-order valence-electron chi connectivity index (χ1n) is 7.28. The highest BCUT2D eigenvalue weighted by atomic mass is 32.2. The number of halogens is 1. The van der Waals surface area contributed by atoms with Crippen LogP contribution in [-0.2, 0) is 0 Å². The van der Waals surface area contributed by atoms with Gasteiger partial charge in [0.1, 0.15) is 17.2 Å². The van der Waals surface area contributed by atoms with Gasteiger partial charge in [0.05, 0.1) is 6.04 Å². The molecule has 2 nitrogen and oxygen atoms in total. The molecule has 20 heavy (non-hydrogen) atoms. The van der Waals surface area contributed by atoms with Crippen LogP contribution in [0.3, 0.4) is 0 Å². The monoisotopic (exact) mass is 293 g/mol. The Morgan fingerprint density at radius 1 is 1.45 bits per heavy atom. The summed E-state index contributed by atoms with van der Waals surface area (Å²) in [4.78, 5) is 0. The SMILES string of the molecule is CCCNC(c1cc2cc(F)ccc2o1)C1CCSC1. The van der Waals surface area contributed by atoms with Gasteiger partial charge in [-0.3, -0.25) is 0 Å². The van der Waals surface area contributed by atoms with Gasteiger partial charge in [0.2, 0.25) is 0 Å². The van der Waals surface area contributed by atoms with Crippen molar-refractivity contribution < 1.29 is 8.81 Å². The van der Waals surface area contributed by atoms with Gasteiger partial charge in [-0.15, -0.1) is 0 Å². The number of benzene rings is 1. The summed E-state index contributed by atoms with van der Waals surface area (Å²) in [5.74, 6) is 3.75. The molecule has 1 N–H and O–H groups in total. The Morgan fingerprint density at radius 3 is 3.10 bits per heavy atom. The van der Waals surface area contributed by atoms with Gasteiger partial charge in [-0.25, -0.2) is 4.39 Å². The van der Waals surface area contributed by atoms with E-state index < -0.39 is 0 Å². The van der Waals surface area contributed by atoms with E-state index in [1.165, 1.54) is 24.0 Å². The molecular formula is C16H20FNOS. The van der Waals surface area contributed by atoms with Crippen molar-refractivity contribution in [2.45, 2.75) is 25.8 Å². The van der Waals surface area contributed by atoms with Crippen molar-refractivity contribution in [1.29, 1.82) is 0 Å². The minimum atomic E-state index is -0.209. The molecule has 0 bridgehead atoms. The average Bonchev–Trinajstić information content (AvgIpc) is 3.08. The van der Waals surface area contributed by atoms with Crippen LogP contribution in [0.5, 0.6) is 0 Å². The first-order valence-corrected chi connectivity index (χ1v) is 8.43. The molecule has 1 aromatic heterocycles. The summed E-state index contributed by atoms with van der Waals surface area (Å²) in [5, 5.41) is 4.46. The minimum Gasteiger partial charge on any atom is -0.459 e. The van der Waals surface area contributed by atoms with Gasteiger partial charge in [-0.05, 0) is 61.1 Å². The zero-order valence-corrected chi connectivity index (χ0v) is 12.5. The fraction of sp³-hybridized carbons (Fsp3) is 0.500. The number of rotatable bonds is 5. The van der Waals surface area contributed by atoms with Crippen LogP contribution in [0.2, 0.25) is 0 Å². The largest absolute Gasteiger partial charge is 0.459 e. The third-order valence-corrected chi connectivity index (χ3v) is 5.04. The molecule has 2 aromatic rings. The Kier molecular flexibility index (Phi) is 4.32. The van der Waals surface area contributed by atoms with Crippen LogP contribution in [0.1, 0.15) is 31.6 Å². The fourth-order valence-electron chi connectivity index (χ4n) is 2.80. The molecule has 2 heterocycles. The van der Waals surface area contributed by atoms with Crippen molar-refractivity contribution in [3.63, 3.8) is 0 Å². The highest BCUT2D eigenvalue weighted by Gasteiger charge is 2.28. The van der Waals surface area contributed by atoms with E-state index in [2.05, 4.69) is 12.2 Å². The van der Waals surface area contributed by atoms with Gasteiger partial charge < -0.3 is 9.73 Å². The van der Waals surface area contributed by atoms with Crippen molar-refractivity contribution in [2.24, 2.45) is 5.92 Å². The Balaban J connectivity index is 1.90. The molecule has 2 atom stereocenters. The lowest BCUT2D eigenvalue weighted by atomic mass is 9.96. The molecule has 2 unspecified atom stereocenters. The fourth-order valence-corrected chi connectivity index (χ4v) is 4.10. The normalized spacial score (nSPS) is 20.6. The maximum Gasteiger partial charge on any atom is 0.134 e. The molecule has 1 saturated heterocycles. The predicted molar refractivity (Wildman–Crippen MR) is 82.6 cm³/mol. The maximum absolute atomic E-state index is 13.3. The molecule has 0 radical (unpaired) electrons. The minimum absolute atomic E-state index is 0.209. The second-order valence-corrected chi connectivity index (χ2v) is 6.54. The van der Waals surface area contributed by atoms with E-state index in [1.54, 1.807) is 12.1 Å². The first kappa shape index (κ1) is 14.0. The highest BCUT2D eigenvalue weighted by molar-refractivity contribution is 7.99. The molecule has 0 spiro atoms. The van der Waals surface area contributed by atoms with E-state index in [0.29, 0.717) is 5.92 Å². The number of hydrogen-bond acceptors (Lipinski definition) is 3. The molecule has 1 aliphatic rings. The van der Waals surface area contributed by atoms with E-state index in [9.17, 15) is 4.39 Å². The van der Waals surface area contributed by atoms with Crippen molar-refractivity contribution in [2.75, 3.05) is 18.1 Å². The number of thioether (sulfide) groups is 1. The molecule has 108 valence electrons. The summed E-state index contributed by atoms with van der Waals surface area (Å²) >= 11 is 2.01. The van der Waals surface area contributed by atoms with Crippen molar-refractivity contribution in [3.8, 4) is 0 Å². The Hall–Kier alpha value is -1.000. The third-order valence-electron chi connectivity index (χ3n) is 3.85. The second-order valence-electron chi connectivity index (χ2n) is 5.39. The third kappa shape index (κ3) is 2.86. The molecule has 1 fully saturated rings. The number of fused-ring (bicyclic) bond motifs is 1. The lowest BCUT2D eigenvalue weighted by Gasteiger charge is -2.22. The zero-order chi connectivity index (χ0) is 13.9. The number of furan rings is 1. The topological polar surface area (TPSA) is 25.2 Å². The zero-order valence-electron chi connectivity index (χ0n) is 11.7. The Labute approximate surface area is 123 Å². The van der Waals surface area contributed by atoms with Crippen LogP contribution in [-0.4, -0.2) is 18.1 Å². The van der Waals surface area contributed by atoms with Crippen LogP contribution in [0.25, 0.3) is 11.0 Å². The first-order chi connectivity index (χ1) is 9.78. The molecular weight excluding hydrogens is 273 g/mol. The molecule has 0 amide bonds. The van der Waals surface area contributed by atoms with E-state index in [4.69, 9.17) is 4.42 Å². The van der Waals surface area contributed by atoms with E-state index in [0.717, 1.165) is 29.7 Å². The van der Waals surface area contributed by atoms with Gasteiger partial charge in [0.15, 0.2) is 0 Å². The van der Waals surface area contributed by atoms with E-state index >= 15 is 0 Å². The summed E-state index contributed by atoms with van der Waals surface area (Å²) in [7, 11) is 0. The summed E-state index contributed by atoms with van der Waals surface area (Å²) in [6, 6.07) is 6.96. The second kappa shape index (κ2) is 6.19. The van der Waals surface area contributed by atoms with Crippen LogP contribution >= 0.6 is 11.8 Å². The molecule has 1 aliphatic heterocycles. The molecule has 3 rings (SSSR count). The molecule has 4 heteroatoms. The van der Waals surface area contributed by atoms with Gasteiger partial charge in [0, 0.05) is 5.39 Å². The summed E-state index contributed by atoms with van der Waals surface area (Å²) in [5.41, 5.74) is 0.773. The van der Waals surface area contributed by atoms with Crippen LogP contribution < -0.4 is 5.32 Å². The Bertz CT molecular complexity index is 577. The summed E-state index contributed by atoms with van der Waals surface area (Å²) in [6.07, 6.45) is 2.32. The Morgan fingerprint density at radius 2 is 2.35 bits per heavy atom. The smallest absolute Gasteiger partial charge is 0.134 e. The predicted octanol–water partition coefficient (Wildman–Crippen LogP) is 4.37. The van der Waals surface area contributed by atoms with Crippen LogP contribution in [0.15, 0.2) is 28.7 Å². The van der Waals surface area contributed by atoms with E-state index in [-0.39, 0.29) is 11.9 Å². The lowest BCUT2D eigenvalue weighted by Crippen LogP contribution is -2.28.